The molecule has 0 radical (unpaired) electrons. The maximum atomic E-state index is 11.3. The van der Waals surface area contributed by atoms with Crippen molar-refractivity contribution in [3.8, 4) is 10.4 Å². The van der Waals surface area contributed by atoms with Gasteiger partial charge in [0.15, 0.2) is 9.84 Å². The second kappa shape index (κ2) is 3.75. The van der Waals surface area contributed by atoms with E-state index in [2.05, 4.69) is 4.98 Å². The van der Waals surface area contributed by atoms with Crippen molar-refractivity contribution in [2.24, 2.45) is 0 Å². The highest BCUT2D eigenvalue weighted by molar-refractivity contribution is 7.92. The molecule has 0 saturated heterocycles. The molecule has 0 spiro atoms. The van der Waals surface area contributed by atoms with E-state index in [1.54, 1.807) is 18.5 Å². The average Bonchev–Trinajstić information content (AvgIpc) is 2.67. The number of hydrogen-bond donors (Lipinski definition) is 0. The fourth-order valence-corrected chi connectivity index (χ4v) is 3.12. The Morgan fingerprint density at radius 2 is 1.80 bits per heavy atom. The predicted octanol–water partition coefficient (Wildman–Crippen LogP) is 2.21. The first-order valence-corrected chi connectivity index (χ1v) is 6.98. The van der Waals surface area contributed by atoms with Gasteiger partial charge in [0.25, 0.3) is 0 Å². The number of thiophene rings is 1. The van der Waals surface area contributed by atoms with E-state index in [0.717, 1.165) is 10.4 Å². The standard InChI is InChI=1S/C10H9NO2S2/c1-15(12,13)10-3-2-9(14-10)8-4-6-11-7-5-8/h2-7H,1H3. The summed E-state index contributed by atoms with van der Waals surface area (Å²) in [6, 6.07) is 7.17. The lowest BCUT2D eigenvalue weighted by atomic mass is 10.2. The Balaban J connectivity index is 2.46. The second-order valence-corrected chi connectivity index (χ2v) is 6.45. The van der Waals surface area contributed by atoms with Gasteiger partial charge in [-0.3, -0.25) is 4.98 Å². The van der Waals surface area contributed by atoms with Crippen molar-refractivity contribution in [2.45, 2.75) is 4.21 Å². The smallest absolute Gasteiger partial charge is 0.184 e. The fraction of sp³-hybridized carbons (Fsp3) is 0.100. The molecule has 2 rings (SSSR count). The third-order valence-corrected chi connectivity index (χ3v) is 4.87. The van der Waals surface area contributed by atoms with Crippen LogP contribution in [0.4, 0.5) is 0 Å². The van der Waals surface area contributed by atoms with E-state index in [1.165, 1.54) is 17.6 Å². The van der Waals surface area contributed by atoms with Gasteiger partial charge in [-0.25, -0.2) is 8.42 Å². The highest BCUT2D eigenvalue weighted by Crippen LogP contribution is 2.29. The lowest BCUT2D eigenvalue weighted by molar-refractivity contribution is 0.604. The number of hydrogen-bond acceptors (Lipinski definition) is 4. The molecule has 78 valence electrons. The van der Waals surface area contributed by atoms with Crippen LogP contribution in [0.3, 0.4) is 0 Å². The summed E-state index contributed by atoms with van der Waals surface area (Å²) < 4.78 is 22.9. The Hall–Kier alpha value is -1.20. The monoisotopic (exact) mass is 239 g/mol. The van der Waals surface area contributed by atoms with E-state index in [0.29, 0.717) is 4.21 Å². The summed E-state index contributed by atoms with van der Waals surface area (Å²) in [6.45, 7) is 0. The summed E-state index contributed by atoms with van der Waals surface area (Å²) >= 11 is 1.28. The largest absolute Gasteiger partial charge is 0.265 e. The molecule has 0 fully saturated rings. The third kappa shape index (κ3) is 2.24. The first-order valence-electron chi connectivity index (χ1n) is 4.28. The van der Waals surface area contributed by atoms with Crippen LogP contribution in [0.1, 0.15) is 0 Å². The van der Waals surface area contributed by atoms with Gasteiger partial charge < -0.3 is 0 Å². The summed E-state index contributed by atoms with van der Waals surface area (Å²) in [6.07, 6.45) is 4.60. The molecule has 5 heteroatoms. The van der Waals surface area contributed by atoms with Crippen LogP contribution in [0.15, 0.2) is 40.9 Å². The molecule has 2 aromatic rings. The molecular weight excluding hydrogens is 230 g/mol. The van der Waals surface area contributed by atoms with Gasteiger partial charge in [0.1, 0.15) is 4.21 Å². The lowest BCUT2D eigenvalue weighted by Gasteiger charge is -1.94. The maximum Gasteiger partial charge on any atom is 0.184 e. The maximum absolute atomic E-state index is 11.3. The van der Waals surface area contributed by atoms with E-state index < -0.39 is 9.84 Å². The van der Waals surface area contributed by atoms with Gasteiger partial charge in [-0.1, -0.05) is 0 Å². The van der Waals surface area contributed by atoms with Crippen LogP contribution in [-0.2, 0) is 9.84 Å². The minimum atomic E-state index is -3.09. The van der Waals surface area contributed by atoms with Crippen molar-refractivity contribution in [1.82, 2.24) is 4.98 Å². The molecule has 0 aliphatic carbocycles. The van der Waals surface area contributed by atoms with Crippen molar-refractivity contribution in [1.29, 1.82) is 0 Å². The molecule has 0 atom stereocenters. The van der Waals surface area contributed by atoms with E-state index in [9.17, 15) is 8.42 Å². The van der Waals surface area contributed by atoms with Crippen LogP contribution < -0.4 is 0 Å². The van der Waals surface area contributed by atoms with Gasteiger partial charge in [0.05, 0.1) is 0 Å². The summed E-state index contributed by atoms with van der Waals surface area (Å²) in [5.41, 5.74) is 0.991. The van der Waals surface area contributed by atoms with E-state index in [1.807, 2.05) is 18.2 Å². The summed E-state index contributed by atoms with van der Waals surface area (Å²) in [5, 5.41) is 0. The predicted molar refractivity (Wildman–Crippen MR) is 60.7 cm³/mol. The minimum absolute atomic E-state index is 0.398. The molecule has 2 aromatic heterocycles. The molecule has 0 unspecified atom stereocenters. The van der Waals surface area contributed by atoms with Gasteiger partial charge in [-0.2, -0.15) is 0 Å². The number of sulfone groups is 1. The summed E-state index contributed by atoms with van der Waals surface area (Å²) in [5.74, 6) is 0. The zero-order valence-corrected chi connectivity index (χ0v) is 9.68. The van der Waals surface area contributed by atoms with Gasteiger partial charge in [0, 0.05) is 23.5 Å². The van der Waals surface area contributed by atoms with Crippen LogP contribution in [0, 0.1) is 0 Å². The Morgan fingerprint density at radius 3 is 2.33 bits per heavy atom. The topological polar surface area (TPSA) is 47.0 Å². The summed E-state index contributed by atoms with van der Waals surface area (Å²) in [7, 11) is -3.09. The highest BCUT2D eigenvalue weighted by atomic mass is 32.2. The SMILES string of the molecule is CS(=O)(=O)c1ccc(-c2ccncc2)s1. The molecular formula is C10H9NO2S2. The molecule has 2 heterocycles. The molecule has 15 heavy (non-hydrogen) atoms. The number of aromatic nitrogens is 1. The van der Waals surface area contributed by atoms with Crippen molar-refractivity contribution in [3.05, 3.63) is 36.7 Å². The van der Waals surface area contributed by atoms with Crippen molar-refractivity contribution < 1.29 is 8.42 Å². The van der Waals surface area contributed by atoms with Crippen LogP contribution in [0.25, 0.3) is 10.4 Å². The zero-order valence-electron chi connectivity index (χ0n) is 8.04. The molecule has 0 aliphatic rings. The first-order chi connectivity index (χ1) is 7.07. The molecule has 0 bridgehead atoms. The minimum Gasteiger partial charge on any atom is -0.265 e. The fourth-order valence-electron chi connectivity index (χ4n) is 1.19. The van der Waals surface area contributed by atoms with E-state index in [4.69, 9.17) is 0 Å². The number of rotatable bonds is 2. The van der Waals surface area contributed by atoms with Crippen LogP contribution in [0.5, 0.6) is 0 Å². The molecule has 0 aliphatic heterocycles. The highest BCUT2D eigenvalue weighted by Gasteiger charge is 2.10. The Kier molecular flexibility index (Phi) is 2.58. The molecule has 0 aromatic carbocycles. The lowest BCUT2D eigenvalue weighted by Crippen LogP contribution is -1.91. The molecule has 0 N–H and O–H groups in total. The molecule has 0 amide bonds. The van der Waals surface area contributed by atoms with Gasteiger partial charge in [-0.15, -0.1) is 11.3 Å². The zero-order chi connectivity index (χ0) is 10.9. The third-order valence-electron chi connectivity index (χ3n) is 1.91. The van der Waals surface area contributed by atoms with E-state index in [-0.39, 0.29) is 0 Å². The summed E-state index contributed by atoms with van der Waals surface area (Å²) in [4.78, 5) is 4.86. The quantitative estimate of drug-likeness (QED) is 0.807. The van der Waals surface area contributed by atoms with E-state index >= 15 is 0 Å². The van der Waals surface area contributed by atoms with Crippen molar-refractivity contribution >= 4 is 21.2 Å². The Bertz CT molecular complexity index is 558. The van der Waals surface area contributed by atoms with Crippen LogP contribution in [-0.4, -0.2) is 19.7 Å². The van der Waals surface area contributed by atoms with Crippen molar-refractivity contribution in [2.75, 3.05) is 6.26 Å². The number of nitrogens with zero attached hydrogens (tertiary/aromatic N) is 1. The second-order valence-electron chi connectivity index (χ2n) is 3.13. The van der Waals surface area contributed by atoms with Gasteiger partial charge >= 0.3 is 0 Å². The molecule has 0 saturated carbocycles. The molecule has 3 nitrogen and oxygen atoms in total. The van der Waals surface area contributed by atoms with Crippen LogP contribution >= 0.6 is 11.3 Å². The normalized spacial score (nSPS) is 11.5. The Morgan fingerprint density at radius 1 is 1.13 bits per heavy atom. The first kappa shape index (κ1) is 10.3. The number of pyridine rings is 1. The van der Waals surface area contributed by atoms with Crippen LogP contribution in [0.2, 0.25) is 0 Å². The van der Waals surface area contributed by atoms with Gasteiger partial charge in [-0.05, 0) is 29.8 Å². The average molecular weight is 239 g/mol. The van der Waals surface area contributed by atoms with Crippen molar-refractivity contribution in [3.63, 3.8) is 0 Å². The van der Waals surface area contributed by atoms with Gasteiger partial charge in [0.2, 0.25) is 0 Å². The Labute approximate surface area is 92.3 Å².